The molecule has 0 saturated carbocycles. The summed E-state index contributed by atoms with van der Waals surface area (Å²) in [5.74, 6) is 0. The number of anilines is 3. The van der Waals surface area contributed by atoms with Crippen molar-refractivity contribution in [3.63, 3.8) is 0 Å². The Morgan fingerprint density at radius 1 is 0.549 bits per heavy atom. The minimum Gasteiger partial charge on any atom is -0.310 e. The minimum atomic E-state index is -0.190. The summed E-state index contributed by atoms with van der Waals surface area (Å²) in [6.07, 6.45) is 3.81. The van der Waals surface area contributed by atoms with Crippen LogP contribution in [0, 0.1) is 22.7 Å². The van der Waals surface area contributed by atoms with E-state index in [1.165, 1.54) is 11.1 Å². The Morgan fingerprint density at radius 3 is 1.88 bits per heavy atom. The number of pyridine rings is 1. The van der Waals surface area contributed by atoms with E-state index in [1.807, 2.05) is 30.6 Å². The Bertz CT molecular complexity index is 2670. The van der Waals surface area contributed by atoms with Crippen LogP contribution in [0.1, 0.15) is 36.1 Å². The molecule has 8 aromatic rings. The second-order valence-electron chi connectivity index (χ2n) is 13.5. The van der Waals surface area contributed by atoms with Gasteiger partial charge in [-0.1, -0.05) is 98.8 Å². The van der Waals surface area contributed by atoms with Gasteiger partial charge in [-0.05, 0) is 88.0 Å². The first-order valence-electron chi connectivity index (χ1n) is 17.0. The Hall–Kier alpha value is -6.95. The summed E-state index contributed by atoms with van der Waals surface area (Å²) in [6.45, 7) is 4.61. The zero-order valence-electron chi connectivity index (χ0n) is 28.2. The van der Waals surface area contributed by atoms with Crippen molar-refractivity contribution in [2.45, 2.75) is 19.3 Å². The molecule has 0 amide bonds. The highest BCUT2D eigenvalue weighted by atomic mass is 15.2. The lowest BCUT2D eigenvalue weighted by atomic mass is 9.73. The highest BCUT2D eigenvalue weighted by molar-refractivity contribution is 6.09. The fraction of sp³-hybridized carbons (Fsp3) is 0.0652. The van der Waals surface area contributed by atoms with Gasteiger partial charge in [0.05, 0.1) is 33.5 Å². The van der Waals surface area contributed by atoms with Gasteiger partial charge in [0, 0.05) is 40.0 Å². The second kappa shape index (κ2) is 11.6. The maximum atomic E-state index is 9.89. The van der Waals surface area contributed by atoms with Crippen LogP contribution in [0.3, 0.4) is 0 Å². The SMILES string of the molecule is CC1(C)c2ccccc2N(c2cc(-c3ccccc3-c3ccc(C#N)c(C#N)c3)cc(-n3c4ccccc4c4cnccc43)c2)c2ccccc21. The first-order valence-corrected chi connectivity index (χ1v) is 17.0. The molecule has 1 aliphatic rings. The van der Waals surface area contributed by atoms with Crippen LogP contribution in [0.5, 0.6) is 0 Å². The van der Waals surface area contributed by atoms with Gasteiger partial charge >= 0.3 is 0 Å². The smallest absolute Gasteiger partial charge is 0.101 e. The molecule has 1 aliphatic heterocycles. The molecule has 3 heterocycles. The number of fused-ring (bicyclic) bond motifs is 5. The van der Waals surface area contributed by atoms with Crippen LogP contribution in [0.2, 0.25) is 0 Å². The fourth-order valence-corrected chi connectivity index (χ4v) is 7.94. The lowest BCUT2D eigenvalue weighted by molar-refractivity contribution is 0.632. The molecule has 5 nitrogen and oxygen atoms in total. The molecule has 9 rings (SSSR count). The maximum absolute atomic E-state index is 9.89. The van der Waals surface area contributed by atoms with Gasteiger partial charge in [0.25, 0.3) is 0 Å². The van der Waals surface area contributed by atoms with Gasteiger partial charge in [0.2, 0.25) is 0 Å². The number of benzene rings is 6. The van der Waals surface area contributed by atoms with E-state index in [1.54, 1.807) is 6.07 Å². The van der Waals surface area contributed by atoms with Crippen molar-refractivity contribution in [2.24, 2.45) is 0 Å². The molecule has 5 heteroatoms. The number of nitrogens with zero attached hydrogens (tertiary/aromatic N) is 5. The number of nitriles is 2. The number of hydrogen-bond donors (Lipinski definition) is 0. The summed E-state index contributed by atoms with van der Waals surface area (Å²) in [4.78, 5) is 6.90. The molecule has 240 valence electrons. The van der Waals surface area contributed by atoms with Crippen molar-refractivity contribution in [1.82, 2.24) is 9.55 Å². The van der Waals surface area contributed by atoms with E-state index < -0.39 is 0 Å². The van der Waals surface area contributed by atoms with Crippen molar-refractivity contribution in [3.05, 3.63) is 174 Å². The minimum absolute atomic E-state index is 0.190. The third-order valence-corrected chi connectivity index (χ3v) is 10.3. The molecule has 2 aromatic heterocycles. The summed E-state index contributed by atoms with van der Waals surface area (Å²) in [6, 6.07) is 53.0. The Balaban J connectivity index is 1.37. The standard InChI is InChI=1S/C46H31N5/c1-46(2)40-14-6-9-17-44(40)51(45-18-10-7-15-41(45)46)35-25-32(37-12-4-3-11-36(37)30-19-20-31(27-47)33(23-30)28-48)24-34(26-35)50-42-16-8-5-13-38(42)39-29-49-22-21-43(39)50/h3-26,29H,1-2H3. The topological polar surface area (TPSA) is 68.6 Å². The first kappa shape index (κ1) is 30.1. The fourth-order valence-electron chi connectivity index (χ4n) is 7.94. The van der Waals surface area contributed by atoms with Crippen LogP contribution < -0.4 is 4.90 Å². The lowest BCUT2D eigenvalue weighted by Gasteiger charge is -2.42. The van der Waals surface area contributed by atoms with Crippen molar-refractivity contribution >= 4 is 38.9 Å². The number of hydrogen-bond acceptors (Lipinski definition) is 4. The largest absolute Gasteiger partial charge is 0.310 e. The average molecular weight is 654 g/mol. The summed E-state index contributed by atoms with van der Waals surface area (Å²) < 4.78 is 2.34. The van der Waals surface area contributed by atoms with Gasteiger partial charge in [0.15, 0.2) is 0 Å². The molecule has 0 saturated heterocycles. The van der Waals surface area contributed by atoms with E-state index in [4.69, 9.17) is 0 Å². The zero-order valence-corrected chi connectivity index (χ0v) is 28.2. The molecule has 0 unspecified atom stereocenters. The van der Waals surface area contributed by atoms with E-state index in [2.05, 4.69) is 156 Å². The highest BCUT2D eigenvalue weighted by Crippen LogP contribution is 2.52. The predicted molar refractivity (Wildman–Crippen MR) is 206 cm³/mol. The van der Waals surface area contributed by atoms with E-state index in [0.717, 1.165) is 66.8 Å². The summed E-state index contributed by atoms with van der Waals surface area (Å²) in [7, 11) is 0. The maximum Gasteiger partial charge on any atom is 0.101 e. The Labute approximate surface area is 296 Å². The van der Waals surface area contributed by atoms with Crippen molar-refractivity contribution in [2.75, 3.05) is 4.90 Å². The average Bonchev–Trinajstić information content (AvgIpc) is 3.52. The van der Waals surface area contributed by atoms with E-state index in [0.29, 0.717) is 11.1 Å². The third kappa shape index (κ3) is 4.64. The molecular formula is C46H31N5. The van der Waals surface area contributed by atoms with Crippen molar-refractivity contribution in [3.8, 4) is 40.1 Å². The molecular weight excluding hydrogens is 623 g/mol. The molecule has 51 heavy (non-hydrogen) atoms. The number of rotatable bonds is 4. The predicted octanol–water partition coefficient (Wildman–Crippen LogP) is 11.4. The molecule has 0 fully saturated rings. The van der Waals surface area contributed by atoms with Crippen molar-refractivity contribution < 1.29 is 0 Å². The molecule has 0 aliphatic carbocycles. The van der Waals surface area contributed by atoms with E-state index >= 15 is 0 Å². The van der Waals surface area contributed by atoms with Gasteiger partial charge in [-0.2, -0.15) is 10.5 Å². The van der Waals surface area contributed by atoms with E-state index in [9.17, 15) is 10.5 Å². The van der Waals surface area contributed by atoms with Crippen LogP contribution >= 0.6 is 0 Å². The Kier molecular flexibility index (Phi) is 6.85. The molecule has 0 bridgehead atoms. The normalized spacial score (nSPS) is 13.0. The number of aromatic nitrogens is 2. The molecule has 0 spiro atoms. The van der Waals surface area contributed by atoms with Gasteiger partial charge in [-0.25, -0.2) is 0 Å². The quantitative estimate of drug-likeness (QED) is 0.190. The van der Waals surface area contributed by atoms with Crippen LogP contribution in [-0.2, 0) is 5.41 Å². The molecule has 0 atom stereocenters. The second-order valence-corrected chi connectivity index (χ2v) is 13.5. The van der Waals surface area contributed by atoms with Crippen LogP contribution in [0.15, 0.2) is 152 Å². The lowest BCUT2D eigenvalue weighted by Crippen LogP contribution is -2.30. The Morgan fingerprint density at radius 2 is 1.16 bits per heavy atom. The van der Waals surface area contributed by atoms with Crippen LogP contribution in [0.25, 0.3) is 49.7 Å². The first-order chi connectivity index (χ1) is 25.0. The zero-order chi connectivity index (χ0) is 34.7. The summed E-state index contributed by atoms with van der Waals surface area (Å²) >= 11 is 0. The molecule has 0 N–H and O–H groups in total. The van der Waals surface area contributed by atoms with Crippen LogP contribution in [-0.4, -0.2) is 9.55 Å². The molecule has 6 aromatic carbocycles. The van der Waals surface area contributed by atoms with Crippen LogP contribution in [0.4, 0.5) is 17.1 Å². The number of para-hydroxylation sites is 3. The van der Waals surface area contributed by atoms with E-state index in [-0.39, 0.29) is 5.41 Å². The van der Waals surface area contributed by atoms with Gasteiger partial charge in [-0.15, -0.1) is 0 Å². The summed E-state index contributed by atoms with van der Waals surface area (Å²) in [5, 5.41) is 21.8. The van der Waals surface area contributed by atoms with Crippen molar-refractivity contribution in [1.29, 1.82) is 10.5 Å². The van der Waals surface area contributed by atoms with Gasteiger partial charge in [0.1, 0.15) is 12.1 Å². The monoisotopic (exact) mass is 653 g/mol. The highest BCUT2D eigenvalue weighted by Gasteiger charge is 2.36. The molecule has 0 radical (unpaired) electrons. The summed E-state index contributed by atoms with van der Waals surface area (Å²) in [5.41, 5.74) is 13.5. The third-order valence-electron chi connectivity index (χ3n) is 10.3. The van der Waals surface area contributed by atoms with Gasteiger partial charge in [-0.3, -0.25) is 4.98 Å². The van der Waals surface area contributed by atoms with Gasteiger partial charge < -0.3 is 9.47 Å².